The highest BCUT2D eigenvalue weighted by Gasteiger charge is 2.23. The van der Waals surface area contributed by atoms with Crippen molar-refractivity contribution in [3.05, 3.63) is 70.7 Å². The molecule has 0 saturated carbocycles. The Balaban J connectivity index is 2.23. The van der Waals surface area contributed by atoms with E-state index in [9.17, 15) is 26.4 Å². The van der Waals surface area contributed by atoms with Gasteiger partial charge in [0.2, 0.25) is 10.0 Å². The molecule has 0 aliphatic carbocycles. The number of hydrogen-bond acceptors (Lipinski definition) is 4. The van der Waals surface area contributed by atoms with Crippen molar-refractivity contribution in [1.29, 1.82) is 0 Å². The summed E-state index contributed by atoms with van der Waals surface area (Å²) in [6.07, 6.45) is 0.941. The number of benzene rings is 2. The molecule has 10 heteroatoms. The number of oxazole rings is 1. The lowest BCUT2D eigenvalue weighted by atomic mass is 10.1. The van der Waals surface area contributed by atoms with E-state index in [2.05, 4.69) is 0 Å². The van der Waals surface area contributed by atoms with Crippen LogP contribution in [0, 0.1) is 17.5 Å². The zero-order valence-electron chi connectivity index (χ0n) is 12.2. The molecule has 0 saturated heterocycles. The van der Waals surface area contributed by atoms with Crippen LogP contribution in [0.3, 0.4) is 0 Å². The Labute approximate surface area is 139 Å². The smallest absolute Gasteiger partial charge is 0.415 e. The van der Waals surface area contributed by atoms with Gasteiger partial charge in [0, 0.05) is 5.56 Å². The van der Waals surface area contributed by atoms with Gasteiger partial charge in [-0.3, -0.25) is 0 Å². The number of sulfonamides is 1. The Hall–Kier alpha value is -2.85. The van der Waals surface area contributed by atoms with Gasteiger partial charge >= 0.3 is 5.76 Å². The molecular weight excluding hydrogens is 361 g/mol. The highest BCUT2D eigenvalue weighted by atomic mass is 32.2. The largest absolute Gasteiger partial charge is 0.424 e. The second kappa shape index (κ2) is 5.90. The Kier molecular flexibility index (Phi) is 4.01. The average Bonchev–Trinajstić information content (AvgIpc) is 2.87. The van der Waals surface area contributed by atoms with Gasteiger partial charge in [-0.1, -0.05) is 0 Å². The van der Waals surface area contributed by atoms with E-state index >= 15 is 0 Å². The molecule has 0 radical (unpaired) electrons. The van der Waals surface area contributed by atoms with Crippen molar-refractivity contribution < 1.29 is 26.0 Å². The normalized spacial score (nSPS) is 11.7. The molecule has 0 aliphatic rings. The van der Waals surface area contributed by atoms with Gasteiger partial charge in [-0.05, 0) is 36.4 Å². The molecule has 130 valence electrons. The zero-order valence-corrected chi connectivity index (χ0v) is 13.1. The quantitative estimate of drug-likeness (QED) is 0.764. The maximum atomic E-state index is 14.0. The van der Waals surface area contributed by atoms with Crippen molar-refractivity contribution >= 4 is 10.0 Å². The third kappa shape index (κ3) is 3.08. The van der Waals surface area contributed by atoms with Crippen LogP contribution in [0.15, 0.2) is 56.8 Å². The first-order valence-corrected chi connectivity index (χ1v) is 8.22. The fraction of sp³-hybridized carbons (Fsp3) is 0. The molecule has 1 heterocycles. The van der Waals surface area contributed by atoms with Crippen LogP contribution < -0.4 is 10.9 Å². The van der Waals surface area contributed by atoms with E-state index in [4.69, 9.17) is 9.56 Å². The van der Waals surface area contributed by atoms with Crippen molar-refractivity contribution in [2.75, 3.05) is 0 Å². The number of nitrogens with zero attached hydrogens (tertiary/aromatic N) is 1. The molecule has 0 bridgehead atoms. The van der Waals surface area contributed by atoms with Crippen LogP contribution in [-0.2, 0) is 10.0 Å². The molecule has 0 amide bonds. The Morgan fingerprint density at radius 1 is 1.00 bits per heavy atom. The van der Waals surface area contributed by atoms with Crippen LogP contribution >= 0.6 is 0 Å². The molecule has 6 nitrogen and oxygen atoms in total. The molecule has 0 atom stereocenters. The number of halogens is 3. The second-order valence-electron chi connectivity index (χ2n) is 5.01. The monoisotopic (exact) mass is 370 g/mol. The van der Waals surface area contributed by atoms with Gasteiger partial charge in [-0.25, -0.2) is 36.1 Å². The predicted octanol–water partition coefficient (Wildman–Crippen LogP) is 2.16. The van der Waals surface area contributed by atoms with Crippen molar-refractivity contribution in [3.63, 3.8) is 0 Å². The minimum absolute atomic E-state index is 0.0598. The summed E-state index contributed by atoms with van der Waals surface area (Å²) in [6.45, 7) is 0. The molecule has 0 fully saturated rings. The predicted molar refractivity (Wildman–Crippen MR) is 81.0 cm³/mol. The first kappa shape index (κ1) is 17.0. The zero-order chi connectivity index (χ0) is 18.4. The highest BCUT2D eigenvalue weighted by molar-refractivity contribution is 7.89. The summed E-state index contributed by atoms with van der Waals surface area (Å²) in [5, 5.41) is 4.77. The fourth-order valence-corrected chi connectivity index (χ4v) is 2.98. The molecule has 0 aliphatic heterocycles. The van der Waals surface area contributed by atoms with E-state index in [1.165, 1.54) is 12.1 Å². The molecule has 0 spiro atoms. The molecule has 0 unspecified atom stereocenters. The van der Waals surface area contributed by atoms with Gasteiger partial charge in [-0.2, -0.15) is 0 Å². The first-order chi connectivity index (χ1) is 11.7. The molecule has 3 rings (SSSR count). The summed E-state index contributed by atoms with van der Waals surface area (Å²) < 4.78 is 69.2. The number of rotatable bonds is 3. The number of hydrogen-bond donors (Lipinski definition) is 1. The van der Waals surface area contributed by atoms with E-state index in [-0.39, 0.29) is 16.9 Å². The number of nitrogens with two attached hydrogens (primary N) is 1. The maximum Gasteiger partial charge on any atom is 0.424 e. The molecule has 3 aromatic rings. The lowest BCUT2D eigenvalue weighted by Gasteiger charge is -2.09. The van der Waals surface area contributed by atoms with E-state index < -0.39 is 38.1 Å². The fourth-order valence-electron chi connectivity index (χ4n) is 2.32. The summed E-state index contributed by atoms with van der Waals surface area (Å²) in [7, 11) is -4.61. The van der Waals surface area contributed by atoms with Crippen LogP contribution in [-0.4, -0.2) is 13.0 Å². The Bertz CT molecular complexity index is 1100. The van der Waals surface area contributed by atoms with Gasteiger partial charge < -0.3 is 4.42 Å². The third-order valence-corrected chi connectivity index (χ3v) is 4.32. The van der Waals surface area contributed by atoms with Crippen molar-refractivity contribution in [1.82, 2.24) is 4.57 Å². The minimum Gasteiger partial charge on any atom is -0.415 e. The van der Waals surface area contributed by atoms with Gasteiger partial charge in [0.15, 0.2) is 4.90 Å². The number of primary sulfonamides is 1. The summed E-state index contributed by atoms with van der Waals surface area (Å²) in [4.78, 5) is 10.6. The first-order valence-electron chi connectivity index (χ1n) is 6.67. The second-order valence-corrected chi connectivity index (χ2v) is 6.51. The maximum absolute atomic E-state index is 14.0. The third-order valence-electron chi connectivity index (χ3n) is 3.36. The summed E-state index contributed by atoms with van der Waals surface area (Å²) in [5.74, 6) is -4.26. The van der Waals surface area contributed by atoms with Crippen molar-refractivity contribution in [2.24, 2.45) is 5.14 Å². The van der Waals surface area contributed by atoms with Gasteiger partial charge in [0.1, 0.15) is 23.7 Å². The molecule has 1 aromatic heterocycles. The van der Waals surface area contributed by atoms with Crippen LogP contribution in [0.5, 0.6) is 0 Å². The van der Waals surface area contributed by atoms with E-state index in [1.54, 1.807) is 0 Å². The van der Waals surface area contributed by atoms with Gasteiger partial charge in [0.05, 0.1) is 11.4 Å². The van der Waals surface area contributed by atoms with Crippen LogP contribution in [0.1, 0.15) is 0 Å². The molecule has 2 N–H and O–H groups in total. The minimum atomic E-state index is -4.61. The molecule has 25 heavy (non-hydrogen) atoms. The molecule has 2 aromatic carbocycles. The van der Waals surface area contributed by atoms with E-state index in [0.29, 0.717) is 12.1 Å². The van der Waals surface area contributed by atoms with Crippen LogP contribution in [0.25, 0.3) is 16.9 Å². The van der Waals surface area contributed by atoms with E-state index in [0.717, 1.165) is 23.0 Å². The standard InChI is InChI=1S/C15H9F3N2O4S/c16-9-1-3-10(4-2-9)20-13(7-24-15(20)21)8-5-11(17)14(12(18)6-8)25(19,22)23/h1-7H,(H2,19,22,23). The van der Waals surface area contributed by atoms with Gasteiger partial charge in [-0.15, -0.1) is 0 Å². The lowest BCUT2D eigenvalue weighted by Crippen LogP contribution is -2.17. The number of aromatic nitrogens is 1. The lowest BCUT2D eigenvalue weighted by molar-refractivity contribution is 0.504. The van der Waals surface area contributed by atoms with Crippen molar-refractivity contribution in [2.45, 2.75) is 4.90 Å². The summed E-state index contributed by atoms with van der Waals surface area (Å²) in [5.41, 5.74) is -0.0422. The Morgan fingerprint density at radius 2 is 1.56 bits per heavy atom. The average molecular weight is 370 g/mol. The topological polar surface area (TPSA) is 95.3 Å². The summed E-state index contributed by atoms with van der Waals surface area (Å²) >= 11 is 0. The summed E-state index contributed by atoms with van der Waals surface area (Å²) in [6, 6.07) is 6.11. The SMILES string of the molecule is NS(=O)(=O)c1c(F)cc(-c2coc(=O)n2-c2ccc(F)cc2)cc1F. The van der Waals surface area contributed by atoms with Crippen LogP contribution in [0.2, 0.25) is 0 Å². The van der Waals surface area contributed by atoms with Crippen molar-refractivity contribution in [3.8, 4) is 16.9 Å². The molecular formula is C15H9F3N2O4S. The van der Waals surface area contributed by atoms with Gasteiger partial charge in [0.25, 0.3) is 0 Å². The van der Waals surface area contributed by atoms with E-state index in [1.807, 2.05) is 0 Å². The van der Waals surface area contributed by atoms with Crippen LogP contribution in [0.4, 0.5) is 13.2 Å². The Morgan fingerprint density at radius 3 is 2.08 bits per heavy atom. The highest BCUT2D eigenvalue weighted by Crippen LogP contribution is 2.27.